The van der Waals surface area contributed by atoms with Crippen LogP contribution in [0.3, 0.4) is 0 Å². The van der Waals surface area contributed by atoms with Crippen molar-refractivity contribution in [2.75, 3.05) is 7.11 Å². The Kier molecular flexibility index (Phi) is 4.29. The zero-order chi connectivity index (χ0) is 12.5. The van der Waals surface area contributed by atoms with Gasteiger partial charge in [0.15, 0.2) is 11.5 Å². The van der Waals surface area contributed by atoms with Crippen LogP contribution in [0, 0.1) is 0 Å². The molecular formula is C12H16Br2O2. The number of benzene rings is 1. The highest BCUT2D eigenvalue weighted by atomic mass is 79.9. The van der Waals surface area contributed by atoms with E-state index in [1.807, 2.05) is 12.1 Å². The maximum absolute atomic E-state index is 10.1. The van der Waals surface area contributed by atoms with Gasteiger partial charge >= 0.3 is 0 Å². The average Bonchev–Trinajstić information content (AvgIpc) is 2.15. The topological polar surface area (TPSA) is 29.5 Å². The molecular weight excluding hydrogens is 336 g/mol. The van der Waals surface area contributed by atoms with Crippen LogP contribution in [-0.4, -0.2) is 12.2 Å². The van der Waals surface area contributed by atoms with Gasteiger partial charge in [-0.2, -0.15) is 0 Å². The molecule has 0 saturated carbocycles. The molecule has 0 spiro atoms. The lowest BCUT2D eigenvalue weighted by molar-refractivity contribution is 0.364. The number of hydrogen-bond acceptors (Lipinski definition) is 2. The summed E-state index contributed by atoms with van der Waals surface area (Å²) in [4.78, 5) is 0. The second kappa shape index (κ2) is 4.96. The Hall–Kier alpha value is -0.220. The van der Waals surface area contributed by atoms with Crippen molar-refractivity contribution in [3.63, 3.8) is 0 Å². The number of phenols is 1. The first kappa shape index (κ1) is 13.8. The fourth-order valence-corrected chi connectivity index (χ4v) is 2.01. The van der Waals surface area contributed by atoms with E-state index in [1.54, 1.807) is 7.11 Å². The number of ether oxygens (including phenoxy) is 1. The lowest BCUT2D eigenvalue weighted by atomic mass is 9.85. The van der Waals surface area contributed by atoms with Crippen LogP contribution in [0.25, 0.3) is 0 Å². The summed E-state index contributed by atoms with van der Waals surface area (Å²) in [5, 5.41) is 10.1. The van der Waals surface area contributed by atoms with Crippen LogP contribution < -0.4 is 4.74 Å². The normalized spacial score (nSPS) is 11.9. The van der Waals surface area contributed by atoms with Crippen LogP contribution in [0.5, 0.6) is 11.5 Å². The number of rotatable bonds is 2. The molecule has 0 unspecified atom stereocenters. The minimum Gasteiger partial charge on any atom is -0.504 e. The first-order chi connectivity index (χ1) is 7.27. The van der Waals surface area contributed by atoms with Crippen molar-refractivity contribution in [1.82, 2.24) is 0 Å². The fourth-order valence-electron chi connectivity index (χ4n) is 1.48. The van der Waals surface area contributed by atoms with E-state index in [4.69, 9.17) is 4.74 Å². The van der Waals surface area contributed by atoms with Crippen molar-refractivity contribution in [1.29, 1.82) is 0 Å². The summed E-state index contributed by atoms with van der Waals surface area (Å²) >= 11 is 6.90. The molecule has 0 aromatic heterocycles. The number of alkyl halides is 2. The summed E-state index contributed by atoms with van der Waals surface area (Å²) in [6, 6.07) is 3.80. The lowest BCUT2D eigenvalue weighted by Gasteiger charge is -2.23. The third-order valence-electron chi connectivity index (χ3n) is 2.38. The molecule has 1 aromatic rings. The SMILES string of the molecule is COc1cc(C(Br)Br)cc(C(C)(C)C)c1O. The Morgan fingerprint density at radius 2 is 1.81 bits per heavy atom. The zero-order valence-electron chi connectivity index (χ0n) is 9.84. The van der Waals surface area contributed by atoms with Crippen molar-refractivity contribution in [2.24, 2.45) is 0 Å². The summed E-state index contributed by atoms with van der Waals surface area (Å²) in [6.45, 7) is 6.17. The van der Waals surface area contributed by atoms with E-state index >= 15 is 0 Å². The first-order valence-electron chi connectivity index (χ1n) is 4.97. The largest absolute Gasteiger partial charge is 0.504 e. The quantitative estimate of drug-likeness (QED) is 0.795. The molecule has 16 heavy (non-hydrogen) atoms. The second-order valence-corrected chi connectivity index (χ2v) is 7.73. The highest BCUT2D eigenvalue weighted by Gasteiger charge is 2.22. The molecule has 0 bridgehead atoms. The van der Waals surface area contributed by atoms with Gasteiger partial charge < -0.3 is 9.84 Å². The number of aromatic hydroxyl groups is 1. The van der Waals surface area contributed by atoms with Crippen LogP contribution in [-0.2, 0) is 5.41 Å². The number of methoxy groups -OCH3 is 1. The standard InChI is InChI=1S/C12H16Br2O2/c1-12(2,3)8-5-7(11(13)14)6-9(16-4)10(8)15/h5-6,11,15H,1-4H3. The van der Waals surface area contributed by atoms with Crippen molar-refractivity contribution in [2.45, 2.75) is 29.9 Å². The summed E-state index contributed by atoms with van der Waals surface area (Å²) in [5.41, 5.74) is 1.78. The van der Waals surface area contributed by atoms with Gasteiger partial charge in [-0.15, -0.1) is 0 Å². The minimum absolute atomic E-state index is 0.0515. The first-order valence-corrected chi connectivity index (χ1v) is 6.80. The molecule has 0 amide bonds. The van der Waals surface area contributed by atoms with Crippen LogP contribution in [0.1, 0.15) is 35.6 Å². The van der Waals surface area contributed by atoms with E-state index in [0.717, 1.165) is 11.1 Å². The molecule has 0 aliphatic carbocycles. The molecule has 4 heteroatoms. The van der Waals surface area contributed by atoms with Crippen LogP contribution >= 0.6 is 31.9 Å². The summed E-state index contributed by atoms with van der Waals surface area (Å²) < 4.78 is 5.23. The molecule has 0 fully saturated rings. The van der Waals surface area contributed by atoms with Gasteiger partial charge in [0.25, 0.3) is 0 Å². The maximum Gasteiger partial charge on any atom is 0.161 e. The van der Waals surface area contributed by atoms with E-state index in [9.17, 15) is 5.11 Å². The lowest BCUT2D eigenvalue weighted by Crippen LogP contribution is -2.12. The van der Waals surface area contributed by atoms with Gasteiger partial charge in [0.05, 0.1) is 10.8 Å². The number of hydrogen-bond donors (Lipinski definition) is 1. The molecule has 2 nitrogen and oxygen atoms in total. The molecule has 1 aromatic carbocycles. The van der Waals surface area contributed by atoms with E-state index in [0.29, 0.717) is 5.75 Å². The summed E-state index contributed by atoms with van der Waals surface area (Å²) in [6.07, 6.45) is 0. The van der Waals surface area contributed by atoms with E-state index in [-0.39, 0.29) is 14.9 Å². The highest BCUT2D eigenvalue weighted by molar-refractivity contribution is 9.24. The minimum atomic E-state index is -0.123. The van der Waals surface area contributed by atoms with Gasteiger partial charge in [-0.25, -0.2) is 0 Å². The molecule has 1 rings (SSSR count). The van der Waals surface area contributed by atoms with Gasteiger partial charge in [-0.05, 0) is 23.1 Å². The molecule has 1 N–H and O–H groups in total. The van der Waals surface area contributed by atoms with Crippen molar-refractivity contribution < 1.29 is 9.84 Å². The molecule has 0 heterocycles. The smallest absolute Gasteiger partial charge is 0.161 e. The van der Waals surface area contributed by atoms with Crippen molar-refractivity contribution in [3.8, 4) is 11.5 Å². The van der Waals surface area contributed by atoms with Gasteiger partial charge in [0.1, 0.15) is 0 Å². The Labute approximate surface area is 113 Å². The Bertz CT molecular complexity index is 381. The van der Waals surface area contributed by atoms with Gasteiger partial charge in [0, 0.05) is 5.56 Å². The van der Waals surface area contributed by atoms with Crippen LogP contribution in [0.4, 0.5) is 0 Å². The van der Waals surface area contributed by atoms with Gasteiger partial charge in [0.2, 0.25) is 0 Å². The fraction of sp³-hybridized carbons (Fsp3) is 0.500. The number of halogens is 2. The Balaban J connectivity index is 3.42. The van der Waals surface area contributed by atoms with E-state index < -0.39 is 0 Å². The summed E-state index contributed by atoms with van der Waals surface area (Å²) in [7, 11) is 1.56. The highest BCUT2D eigenvalue weighted by Crippen LogP contribution is 2.42. The Morgan fingerprint density at radius 3 is 2.19 bits per heavy atom. The third kappa shape index (κ3) is 2.92. The predicted octanol–water partition coefficient (Wildman–Crippen LogP) is 4.49. The van der Waals surface area contributed by atoms with E-state index in [2.05, 4.69) is 52.6 Å². The van der Waals surface area contributed by atoms with Crippen molar-refractivity contribution >= 4 is 31.9 Å². The third-order valence-corrected chi connectivity index (χ3v) is 3.43. The van der Waals surface area contributed by atoms with Crippen LogP contribution in [0.2, 0.25) is 0 Å². The molecule has 0 atom stereocenters. The molecule has 0 radical (unpaired) electrons. The zero-order valence-corrected chi connectivity index (χ0v) is 13.0. The van der Waals surface area contributed by atoms with Crippen LogP contribution in [0.15, 0.2) is 12.1 Å². The van der Waals surface area contributed by atoms with Gasteiger partial charge in [-0.1, -0.05) is 52.6 Å². The monoisotopic (exact) mass is 350 g/mol. The van der Waals surface area contributed by atoms with Crippen molar-refractivity contribution in [3.05, 3.63) is 23.3 Å². The Morgan fingerprint density at radius 1 is 1.25 bits per heavy atom. The van der Waals surface area contributed by atoms with E-state index in [1.165, 1.54) is 0 Å². The average molecular weight is 352 g/mol. The molecule has 0 aliphatic rings. The predicted molar refractivity (Wildman–Crippen MR) is 74.0 cm³/mol. The molecule has 0 saturated heterocycles. The second-order valence-electron chi connectivity index (χ2n) is 4.67. The summed E-state index contributed by atoms with van der Waals surface area (Å²) in [5.74, 6) is 0.728. The maximum atomic E-state index is 10.1. The molecule has 90 valence electrons. The molecule has 0 aliphatic heterocycles. The number of phenolic OH excluding ortho intramolecular Hbond substituents is 1. The van der Waals surface area contributed by atoms with Gasteiger partial charge in [-0.3, -0.25) is 0 Å².